The first kappa shape index (κ1) is 30.6. The van der Waals surface area contributed by atoms with Gasteiger partial charge in [-0.05, 0) is 94.2 Å². The van der Waals surface area contributed by atoms with E-state index in [0.29, 0.717) is 0 Å². The van der Waals surface area contributed by atoms with Crippen LogP contribution in [0, 0.1) is 0 Å². The molecule has 3 aromatic heterocycles. The molecule has 0 saturated heterocycles. The second kappa shape index (κ2) is 12.3. The molecule has 0 bridgehead atoms. The number of hydrogen-bond acceptors (Lipinski definition) is 1. The normalized spacial score (nSPS) is 12.3. The molecule has 0 amide bonds. The van der Waals surface area contributed by atoms with Crippen LogP contribution in [0.3, 0.4) is 0 Å². The fourth-order valence-corrected chi connectivity index (χ4v) is 9.54. The summed E-state index contributed by atoms with van der Waals surface area (Å²) in [5.74, 6) is 0. The van der Waals surface area contributed by atoms with Gasteiger partial charge in [-0.1, -0.05) is 129 Å². The average molecular weight is 685 g/mol. The molecule has 0 atom stereocenters. The van der Waals surface area contributed by atoms with Crippen molar-refractivity contribution in [3.8, 4) is 33.6 Å². The predicted molar refractivity (Wildman–Crippen MR) is 225 cm³/mol. The number of thiophene rings is 1. The van der Waals surface area contributed by atoms with Gasteiger partial charge in [0.05, 0.1) is 26.8 Å². The molecule has 0 spiro atoms. The highest BCUT2D eigenvalue weighted by molar-refractivity contribution is 7.21. The lowest BCUT2D eigenvalue weighted by atomic mass is 9.99. The number of allylic oxidation sites excluding steroid dienone is 1. The maximum Gasteiger partial charge on any atom is 0.0719 e. The second-order valence-corrected chi connectivity index (χ2v) is 14.3. The van der Waals surface area contributed by atoms with Crippen LogP contribution in [0.15, 0.2) is 164 Å². The molecular weight excluding hydrogens is 649 g/mol. The van der Waals surface area contributed by atoms with Crippen molar-refractivity contribution in [3.05, 3.63) is 174 Å². The molecule has 0 aliphatic heterocycles. The number of aromatic nitrogens is 2. The van der Waals surface area contributed by atoms with E-state index in [1.165, 1.54) is 97.8 Å². The van der Waals surface area contributed by atoms with Crippen LogP contribution in [0.1, 0.15) is 24.3 Å². The Balaban J connectivity index is 0.00000166. The summed E-state index contributed by atoms with van der Waals surface area (Å²) in [5.41, 5.74) is 13.7. The Morgan fingerprint density at radius 1 is 0.442 bits per heavy atom. The Kier molecular flexibility index (Phi) is 7.23. The summed E-state index contributed by atoms with van der Waals surface area (Å²) in [6.07, 6.45) is 5.61. The van der Waals surface area contributed by atoms with Crippen molar-refractivity contribution in [2.45, 2.75) is 20.3 Å². The molecule has 3 heteroatoms. The van der Waals surface area contributed by atoms with Gasteiger partial charge in [0.15, 0.2) is 0 Å². The minimum atomic E-state index is 1.03. The second-order valence-electron chi connectivity index (χ2n) is 13.3. The minimum Gasteiger partial charge on any atom is -0.309 e. The van der Waals surface area contributed by atoms with Gasteiger partial charge in [-0.2, -0.15) is 0 Å². The molecule has 0 radical (unpaired) electrons. The van der Waals surface area contributed by atoms with Crippen LogP contribution < -0.4 is 0 Å². The van der Waals surface area contributed by atoms with Gasteiger partial charge in [0.2, 0.25) is 0 Å². The molecule has 248 valence electrons. The van der Waals surface area contributed by atoms with Crippen molar-refractivity contribution >= 4 is 71.1 Å². The summed E-state index contributed by atoms with van der Waals surface area (Å²) < 4.78 is 6.23. The summed E-state index contributed by atoms with van der Waals surface area (Å²) in [6.45, 7) is 4.00. The number of fused-ring (bicyclic) bond motifs is 10. The SMILES string of the molecule is C1=Cc2sc3c(ccc4c5ccccc5n(-c5ccc(-c6ccc(-c7ccc8c(c7)c7ccccc7n8-c7ccccc7)cc6)cc5)c43)c2C1.CC. The average Bonchev–Trinajstić information content (AvgIpc) is 3.98. The quantitative estimate of drug-likeness (QED) is 0.175. The standard InChI is InChI=1S/C47H30N2S.C2H6/c1-2-9-34(10-3-1)48-42-14-6-5-12-37(42)41-29-33(23-28-44(41)48)32-19-17-30(18-20-32)31-21-24-35(25-22-31)49-43-15-7-4-11-36(43)39-26-27-40-38-13-8-16-45(38)50-47(40)46(39)49;1-2/h1-12,14-29H,13H2;1-2H3. The number of hydrogen-bond donors (Lipinski definition) is 0. The molecule has 52 heavy (non-hydrogen) atoms. The molecule has 2 nitrogen and oxygen atoms in total. The zero-order valence-electron chi connectivity index (χ0n) is 29.2. The molecular formula is C49H36N2S. The Hall–Kier alpha value is -6.16. The lowest BCUT2D eigenvalue weighted by Gasteiger charge is -2.11. The van der Waals surface area contributed by atoms with Crippen LogP contribution >= 0.6 is 11.3 Å². The lowest BCUT2D eigenvalue weighted by Crippen LogP contribution is -1.94. The molecule has 0 N–H and O–H groups in total. The molecule has 1 aliphatic rings. The summed E-state index contributed by atoms with van der Waals surface area (Å²) in [7, 11) is 0. The number of nitrogens with zero attached hydrogens (tertiary/aromatic N) is 2. The van der Waals surface area contributed by atoms with Crippen molar-refractivity contribution in [1.82, 2.24) is 9.13 Å². The molecule has 0 unspecified atom stereocenters. The van der Waals surface area contributed by atoms with Gasteiger partial charge in [0, 0.05) is 37.8 Å². The molecule has 7 aromatic carbocycles. The third-order valence-corrected chi connectivity index (χ3v) is 11.8. The molecule has 10 aromatic rings. The van der Waals surface area contributed by atoms with Gasteiger partial charge in [-0.25, -0.2) is 0 Å². The Morgan fingerprint density at radius 3 is 1.71 bits per heavy atom. The van der Waals surface area contributed by atoms with E-state index in [1.54, 1.807) is 0 Å². The fourth-order valence-electron chi connectivity index (χ4n) is 8.24. The smallest absolute Gasteiger partial charge is 0.0719 e. The van der Waals surface area contributed by atoms with E-state index < -0.39 is 0 Å². The summed E-state index contributed by atoms with van der Waals surface area (Å²) in [6, 6.07) is 57.9. The highest BCUT2D eigenvalue weighted by Gasteiger charge is 2.20. The van der Waals surface area contributed by atoms with Gasteiger partial charge < -0.3 is 9.13 Å². The van der Waals surface area contributed by atoms with E-state index in [4.69, 9.17) is 0 Å². The van der Waals surface area contributed by atoms with E-state index in [0.717, 1.165) is 6.42 Å². The van der Waals surface area contributed by atoms with E-state index in [-0.39, 0.29) is 0 Å². The Labute approximate surface area is 307 Å². The highest BCUT2D eigenvalue weighted by atomic mass is 32.1. The number of benzene rings is 7. The van der Waals surface area contributed by atoms with E-state index in [9.17, 15) is 0 Å². The van der Waals surface area contributed by atoms with E-state index in [2.05, 4.69) is 179 Å². The first-order valence-electron chi connectivity index (χ1n) is 18.2. The monoisotopic (exact) mass is 684 g/mol. The topological polar surface area (TPSA) is 9.86 Å². The predicted octanol–water partition coefficient (Wildman–Crippen LogP) is 14.0. The molecule has 0 saturated carbocycles. The first-order valence-corrected chi connectivity index (χ1v) is 19.1. The van der Waals surface area contributed by atoms with Crippen LogP contribution in [0.5, 0.6) is 0 Å². The fraction of sp³-hybridized carbons (Fsp3) is 0.0612. The van der Waals surface area contributed by atoms with Crippen LogP contribution in [0.4, 0.5) is 0 Å². The molecule has 0 fully saturated rings. The van der Waals surface area contributed by atoms with E-state index >= 15 is 0 Å². The van der Waals surface area contributed by atoms with Crippen LogP contribution in [0.2, 0.25) is 0 Å². The lowest BCUT2D eigenvalue weighted by molar-refractivity contribution is 1.18. The highest BCUT2D eigenvalue weighted by Crippen LogP contribution is 2.44. The van der Waals surface area contributed by atoms with Crippen molar-refractivity contribution in [1.29, 1.82) is 0 Å². The van der Waals surface area contributed by atoms with Crippen molar-refractivity contribution in [2.24, 2.45) is 0 Å². The third-order valence-electron chi connectivity index (χ3n) is 10.6. The first-order chi connectivity index (χ1) is 25.8. The number of rotatable bonds is 4. The summed E-state index contributed by atoms with van der Waals surface area (Å²) in [4.78, 5) is 1.40. The Bertz CT molecular complexity index is 2970. The minimum absolute atomic E-state index is 1.03. The van der Waals surface area contributed by atoms with Crippen LogP contribution in [-0.4, -0.2) is 9.13 Å². The van der Waals surface area contributed by atoms with Gasteiger partial charge in [-0.15, -0.1) is 11.3 Å². The van der Waals surface area contributed by atoms with Crippen molar-refractivity contribution in [2.75, 3.05) is 0 Å². The molecule has 11 rings (SSSR count). The van der Waals surface area contributed by atoms with Crippen LogP contribution in [0.25, 0.3) is 93.4 Å². The summed E-state index contributed by atoms with van der Waals surface area (Å²) in [5, 5.41) is 6.56. The van der Waals surface area contributed by atoms with Crippen molar-refractivity contribution < 1.29 is 0 Å². The summed E-state index contributed by atoms with van der Waals surface area (Å²) >= 11 is 1.93. The Morgan fingerprint density at radius 2 is 0.981 bits per heavy atom. The molecule has 1 aliphatic carbocycles. The van der Waals surface area contributed by atoms with Gasteiger partial charge in [0.1, 0.15) is 0 Å². The van der Waals surface area contributed by atoms with Gasteiger partial charge >= 0.3 is 0 Å². The largest absolute Gasteiger partial charge is 0.309 e. The number of para-hydroxylation sites is 3. The molecule has 3 heterocycles. The zero-order chi connectivity index (χ0) is 34.8. The van der Waals surface area contributed by atoms with Gasteiger partial charge in [-0.3, -0.25) is 0 Å². The van der Waals surface area contributed by atoms with Gasteiger partial charge in [0.25, 0.3) is 0 Å². The van der Waals surface area contributed by atoms with E-state index in [1.807, 2.05) is 25.2 Å². The van der Waals surface area contributed by atoms with Crippen LogP contribution in [-0.2, 0) is 6.42 Å². The zero-order valence-corrected chi connectivity index (χ0v) is 30.0. The maximum atomic E-state index is 2.47. The maximum absolute atomic E-state index is 2.47. The third kappa shape index (κ3) is 4.63. The van der Waals surface area contributed by atoms with Crippen molar-refractivity contribution in [3.63, 3.8) is 0 Å².